The van der Waals surface area contributed by atoms with Crippen LogP contribution in [0.25, 0.3) is 0 Å². The van der Waals surface area contributed by atoms with E-state index in [0.717, 1.165) is 6.42 Å². The van der Waals surface area contributed by atoms with Crippen LogP contribution in [0.2, 0.25) is 0 Å². The highest BCUT2D eigenvalue weighted by molar-refractivity contribution is 5.90. The molecule has 4 heteroatoms. The van der Waals surface area contributed by atoms with E-state index in [4.69, 9.17) is 4.74 Å². The van der Waals surface area contributed by atoms with E-state index < -0.39 is 11.5 Å². The standard InChI is InChI=1S/C18H19NO3/c20-17(19-16-11-12-22-13-16)18(21,14-7-3-1-4-8-14)15-9-5-2-6-10-15/h1-10,16,21H,11-13H2,(H,19,20). The quantitative estimate of drug-likeness (QED) is 0.905. The van der Waals surface area contributed by atoms with Crippen molar-refractivity contribution >= 4 is 5.91 Å². The van der Waals surface area contributed by atoms with E-state index in [1.54, 1.807) is 24.3 Å². The fourth-order valence-corrected chi connectivity index (χ4v) is 2.73. The SMILES string of the molecule is O=C(NC1CCOC1)C(O)(c1ccccc1)c1ccccc1. The summed E-state index contributed by atoms with van der Waals surface area (Å²) < 4.78 is 5.29. The normalized spacial score (nSPS) is 18.1. The molecule has 22 heavy (non-hydrogen) atoms. The molecule has 1 aliphatic rings. The summed E-state index contributed by atoms with van der Waals surface area (Å²) >= 11 is 0. The molecule has 4 nitrogen and oxygen atoms in total. The summed E-state index contributed by atoms with van der Waals surface area (Å²) in [7, 11) is 0. The molecule has 0 radical (unpaired) electrons. The van der Waals surface area contributed by atoms with Crippen LogP contribution in [0.5, 0.6) is 0 Å². The van der Waals surface area contributed by atoms with Gasteiger partial charge in [-0.05, 0) is 17.5 Å². The van der Waals surface area contributed by atoms with Gasteiger partial charge in [-0.1, -0.05) is 60.7 Å². The van der Waals surface area contributed by atoms with Crippen molar-refractivity contribution in [3.8, 4) is 0 Å². The highest BCUT2D eigenvalue weighted by atomic mass is 16.5. The van der Waals surface area contributed by atoms with Gasteiger partial charge in [-0.2, -0.15) is 0 Å². The predicted octanol–water partition coefficient (Wildman–Crippen LogP) is 1.83. The fourth-order valence-electron chi connectivity index (χ4n) is 2.73. The number of benzene rings is 2. The van der Waals surface area contributed by atoms with Crippen molar-refractivity contribution in [3.63, 3.8) is 0 Å². The van der Waals surface area contributed by atoms with Gasteiger partial charge in [-0.15, -0.1) is 0 Å². The van der Waals surface area contributed by atoms with Crippen LogP contribution in [-0.4, -0.2) is 30.3 Å². The third kappa shape index (κ3) is 2.75. The minimum atomic E-state index is -1.70. The summed E-state index contributed by atoms with van der Waals surface area (Å²) in [6.07, 6.45) is 0.769. The lowest BCUT2D eigenvalue weighted by molar-refractivity contribution is -0.137. The van der Waals surface area contributed by atoms with Gasteiger partial charge in [-0.25, -0.2) is 0 Å². The number of amides is 1. The number of carbonyl (C=O) groups is 1. The summed E-state index contributed by atoms with van der Waals surface area (Å²) in [5.41, 5.74) is -0.597. The monoisotopic (exact) mass is 297 g/mol. The van der Waals surface area contributed by atoms with Crippen LogP contribution >= 0.6 is 0 Å². The lowest BCUT2D eigenvalue weighted by atomic mass is 9.85. The zero-order chi connectivity index (χ0) is 15.4. The number of aliphatic hydroxyl groups is 1. The molecule has 1 amide bonds. The molecule has 0 aliphatic carbocycles. The number of nitrogens with one attached hydrogen (secondary N) is 1. The highest BCUT2D eigenvalue weighted by Gasteiger charge is 2.40. The van der Waals surface area contributed by atoms with Gasteiger partial charge in [0.2, 0.25) is 0 Å². The van der Waals surface area contributed by atoms with Gasteiger partial charge in [0.05, 0.1) is 12.6 Å². The molecule has 0 saturated carbocycles. The summed E-state index contributed by atoms with van der Waals surface area (Å²) in [5, 5.41) is 14.1. The molecule has 114 valence electrons. The Kier molecular flexibility index (Phi) is 4.22. The Bertz CT molecular complexity index is 582. The summed E-state index contributed by atoms with van der Waals surface area (Å²) in [5.74, 6) is -0.416. The van der Waals surface area contributed by atoms with Crippen LogP contribution in [-0.2, 0) is 15.1 Å². The summed E-state index contributed by atoms with van der Waals surface area (Å²) in [4.78, 5) is 12.8. The van der Waals surface area contributed by atoms with E-state index >= 15 is 0 Å². The second-order valence-electron chi connectivity index (χ2n) is 5.48. The maximum Gasteiger partial charge on any atom is 0.261 e. The molecule has 1 saturated heterocycles. The molecule has 0 bridgehead atoms. The summed E-state index contributed by atoms with van der Waals surface area (Å²) in [6.45, 7) is 1.13. The van der Waals surface area contributed by atoms with E-state index in [1.165, 1.54) is 0 Å². The topological polar surface area (TPSA) is 58.6 Å². The first-order valence-corrected chi connectivity index (χ1v) is 7.43. The van der Waals surface area contributed by atoms with Crippen molar-refractivity contribution in [2.24, 2.45) is 0 Å². The third-order valence-electron chi connectivity index (χ3n) is 3.98. The average Bonchev–Trinajstić information content (AvgIpc) is 3.08. The lowest BCUT2D eigenvalue weighted by Crippen LogP contribution is -2.49. The van der Waals surface area contributed by atoms with Crippen molar-refractivity contribution < 1.29 is 14.6 Å². The summed E-state index contributed by atoms with van der Waals surface area (Å²) in [6, 6.07) is 18.0. The molecular formula is C18H19NO3. The lowest BCUT2D eigenvalue weighted by Gasteiger charge is -2.29. The first kappa shape index (κ1) is 14.8. The van der Waals surface area contributed by atoms with Crippen LogP contribution in [0.4, 0.5) is 0 Å². The molecule has 2 aromatic rings. The van der Waals surface area contributed by atoms with Crippen LogP contribution in [0.1, 0.15) is 17.5 Å². The van der Waals surface area contributed by atoms with Crippen molar-refractivity contribution in [2.75, 3.05) is 13.2 Å². The Morgan fingerprint density at radius 3 is 2.05 bits per heavy atom. The van der Waals surface area contributed by atoms with Gasteiger partial charge in [-0.3, -0.25) is 4.79 Å². The molecule has 1 heterocycles. The number of hydrogen-bond donors (Lipinski definition) is 2. The van der Waals surface area contributed by atoms with Crippen LogP contribution in [0.15, 0.2) is 60.7 Å². The van der Waals surface area contributed by atoms with E-state index in [9.17, 15) is 9.90 Å². The molecule has 1 unspecified atom stereocenters. The van der Waals surface area contributed by atoms with E-state index in [1.807, 2.05) is 36.4 Å². The van der Waals surface area contributed by atoms with Crippen molar-refractivity contribution in [1.29, 1.82) is 0 Å². The number of ether oxygens (including phenoxy) is 1. The Morgan fingerprint density at radius 1 is 1.05 bits per heavy atom. The van der Waals surface area contributed by atoms with Crippen molar-refractivity contribution in [3.05, 3.63) is 71.8 Å². The Balaban J connectivity index is 1.97. The van der Waals surface area contributed by atoms with Gasteiger partial charge in [0.15, 0.2) is 5.60 Å². The van der Waals surface area contributed by atoms with Crippen LogP contribution in [0.3, 0.4) is 0 Å². The van der Waals surface area contributed by atoms with Gasteiger partial charge >= 0.3 is 0 Å². The molecule has 3 rings (SSSR count). The predicted molar refractivity (Wildman–Crippen MR) is 83.2 cm³/mol. The Labute approximate surface area is 129 Å². The zero-order valence-corrected chi connectivity index (χ0v) is 12.2. The molecule has 0 spiro atoms. The first-order valence-electron chi connectivity index (χ1n) is 7.43. The minimum absolute atomic E-state index is 0.0496. The van der Waals surface area contributed by atoms with Crippen LogP contribution in [0, 0.1) is 0 Å². The van der Waals surface area contributed by atoms with E-state index in [0.29, 0.717) is 24.3 Å². The van der Waals surface area contributed by atoms with Gasteiger partial charge in [0, 0.05) is 6.61 Å². The van der Waals surface area contributed by atoms with Crippen LogP contribution < -0.4 is 5.32 Å². The molecule has 2 N–H and O–H groups in total. The maximum atomic E-state index is 12.8. The zero-order valence-electron chi connectivity index (χ0n) is 12.2. The Hall–Kier alpha value is -2.17. The van der Waals surface area contributed by atoms with Crippen molar-refractivity contribution in [1.82, 2.24) is 5.32 Å². The third-order valence-corrected chi connectivity index (χ3v) is 3.98. The highest BCUT2D eigenvalue weighted by Crippen LogP contribution is 2.30. The second kappa shape index (κ2) is 6.30. The molecule has 2 aromatic carbocycles. The second-order valence-corrected chi connectivity index (χ2v) is 5.48. The van der Waals surface area contributed by atoms with E-state index in [2.05, 4.69) is 5.32 Å². The fraction of sp³-hybridized carbons (Fsp3) is 0.278. The largest absolute Gasteiger partial charge is 0.379 e. The smallest absolute Gasteiger partial charge is 0.261 e. The number of rotatable bonds is 4. The molecule has 1 atom stereocenters. The first-order chi connectivity index (χ1) is 10.7. The van der Waals surface area contributed by atoms with Gasteiger partial charge in [0.25, 0.3) is 5.91 Å². The number of carbonyl (C=O) groups excluding carboxylic acids is 1. The molecular weight excluding hydrogens is 278 g/mol. The molecule has 1 fully saturated rings. The molecule has 0 aromatic heterocycles. The maximum absolute atomic E-state index is 12.8. The minimum Gasteiger partial charge on any atom is -0.379 e. The Morgan fingerprint density at radius 2 is 1.59 bits per heavy atom. The van der Waals surface area contributed by atoms with Gasteiger partial charge in [0.1, 0.15) is 0 Å². The number of hydrogen-bond acceptors (Lipinski definition) is 3. The molecule has 1 aliphatic heterocycles. The van der Waals surface area contributed by atoms with Crippen molar-refractivity contribution in [2.45, 2.75) is 18.1 Å². The average molecular weight is 297 g/mol. The van der Waals surface area contributed by atoms with Gasteiger partial charge < -0.3 is 15.2 Å². The van der Waals surface area contributed by atoms with E-state index in [-0.39, 0.29) is 6.04 Å².